The number of aromatic nitrogens is 1. The maximum atomic E-state index is 12.8. The lowest BCUT2D eigenvalue weighted by Crippen LogP contribution is -2.43. The number of methoxy groups -OCH3 is 1. The molecule has 0 aliphatic heterocycles. The number of rotatable bonds is 6. The third-order valence-electron chi connectivity index (χ3n) is 5.09. The van der Waals surface area contributed by atoms with Crippen molar-refractivity contribution in [1.82, 2.24) is 9.88 Å². The molecule has 0 spiro atoms. The first-order valence-electron chi connectivity index (χ1n) is 9.80. The summed E-state index contributed by atoms with van der Waals surface area (Å²) in [6.07, 6.45) is 1.75. The smallest absolute Gasteiger partial charge is 0.328 e. The molecule has 32 heavy (non-hydrogen) atoms. The average Bonchev–Trinajstić information content (AvgIpc) is 2.75. The molecule has 0 aliphatic carbocycles. The number of halogens is 2. The number of nitrogens with zero attached hydrogens (tertiary/aromatic N) is 1. The summed E-state index contributed by atoms with van der Waals surface area (Å²) in [6, 6.07) is 13.0. The number of hydrogen-bond acceptors (Lipinski definition) is 4. The maximum absolute atomic E-state index is 12.8. The van der Waals surface area contributed by atoms with Crippen LogP contribution >= 0.6 is 23.2 Å². The van der Waals surface area contributed by atoms with Gasteiger partial charge in [-0.2, -0.15) is 0 Å². The minimum atomic E-state index is -0.909. The number of amides is 1. The van der Waals surface area contributed by atoms with E-state index in [0.717, 1.165) is 5.56 Å². The van der Waals surface area contributed by atoms with Gasteiger partial charge in [0, 0.05) is 25.2 Å². The normalized spacial score (nSPS) is 11.7. The summed E-state index contributed by atoms with van der Waals surface area (Å²) in [6.45, 7) is 1.77. The molecule has 8 heteroatoms. The van der Waals surface area contributed by atoms with Crippen LogP contribution in [-0.4, -0.2) is 29.6 Å². The fraction of sp³-hybridized carbons (Fsp3) is 0.208. The molecular formula is C24H22Cl2N2O4. The Bertz CT molecular complexity index is 1200. The molecule has 1 amide bonds. The van der Waals surface area contributed by atoms with Gasteiger partial charge in [-0.05, 0) is 35.7 Å². The van der Waals surface area contributed by atoms with E-state index in [0.29, 0.717) is 32.3 Å². The van der Waals surface area contributed by atoms with Crippen LogP contribution in [0.2, 0.25) is 10.0 Å². The molecule has 2 aromatic carbocycles. The van der Waals surface area contributed by atoms with E-state index in [1.165, 1.54) is 11.7 Å². The number of aryl methyl sites for hydroxylation is 2. The summed E-state index contributed by atoms with van der Waals surface area (Å²) >= 11 is 12.3. The third-order valence-corrected chi connectivity index (χ3v) is 5.62. The Hall–Kier alpha value is -3.09. The van der Waals surface area contributed by atoms with Gasteiger partial charge in [0.15, 0.2) is 0 Å². The molecule has 1 atom stereocenters. The molecule has 0 aliphatic rings. The molecule has 3 aromatic rings. The van der Waals surface area contributed by atoms with Gasteiger partial charge < -0.3 is 14.6 Å². The molecule has 1 aromatic heterocycles. The molecule has 6 nitrogen and oxygen atoms in total. The van der Waals surface area contributed by atoms with E-state index in [1.54, 1.807) is 68.7 Å². The monoisotopic (exact) mass is 472 g/mol. The van der Waals surface area contributed by atoms with Crippen molar-refractivity contribution in [2.45, 2.75) is 19.4 Å². The quantitative estimate of drug-likeness (QED) is 0.545. The SMILES string of the molecule is COC(=O)C(Cc1ccc(-c2cc(Cl)cn(C)c2=O)cc1)NC(=O)c1c(C)cccc1Cl. The molecule has 0 fully saturated rings. The van der Waals surface area contributed by atoms with Gasteiger partial charge in [-0.25, -0.2) is 4.79 Å². The Morgan fingerprint density at radius 2 is 1.81 bits per heavy atom. The lowest BCUT2D eigenvalue weighted by Gasteiger charge is -2.18. The maximum Gasteiger partial charge on any atom is 0.328 e. The fourth-order valence-corrected chi connectivity index (χ4v) is 3.98. The zero-order valence-electron chi connectivity index (χ0n) is 17.8. The third kappa shape index (κ3) is 5.21. The Balaban J connectivity index is 1.83. The van der Waals surface area contributed by atoms with Crippen molar-refractivity contribution in [3.8, 4) is 11.1 Å². The average molecular weight is 473 g/mol. The summed E-state index contributed by atoms with van der Waals surface area (Å²) in [5, 5.41) is 3.47. The topological polar surface area (TPSA) is 77.4 Å². The Morgan fingerprint density at radius 3 is 2.44 bits per heavy atom. The van der Waals surface area contributed by atoms with Crippen LogP contribution in [0.3, 0.4) is 0 Å². The number of nitrogens with one attached hydrogen (secondary N) is 1. The van der Waals surface area contributed by atoms with E-state index in [4.69, 9.17) is 27.9 Å². The molecule has 3 rings (SSSR count). The molecule has 166 valence electrons. The first kappa shape index (κ1) is 23.6. The highest BCUT2D eigenvalue weighted by Crippen LogP contribution is 2.22. The Kier molecular flexibility index (Phi) is 7.38. The van der Waals surface area contributed by atoms with Gasteiger partial charge >= 0.3 is 5.97 Å². The Labute approximate surface area is 195 Å². The van der Waals surface area contributed by atoms with Gasteiger partial charge in [0.1, 0.15) is 6.04 Å². The lowest BCUT2D eigenvalue weighted by atomic mass is 10.0. The van der Waals surface area contributed by atoms with Gasteiger partial charge in [-0.1, -0.05) is 59.6 Å². The minimum absolute atomic E-state index is 0.169. The van der Waals surface area contributed by atoms with Crippen LogP contribution in [-0.2, 0) is 23.0 Å². The van der Waals surface area contributed by atoms with Crippen LogP contribution < -0.4 is 10.9 Å². The van der Waals surface area contributed by atoms with Crippen LogP contribution in [0.4, 0.5) is 0 Å². The van der Waals surface area contributed by atoms with Crippen molar-refractivity contribution < 1.29 is 14.3 Å². The zero-order chi connectivity index (χ0) is 23.4. The molecule has 1 heterocycles. The standard InChI is InChI=1S/C24H22Cl2N2O4/c1-14-5-4-6-19(26)21(14)22(29)27-20(24(31)32-3)11-15-7-9-16(10-8-15)18-12-17(25)13-28(2)23(18)30/h4-10,12-13,20H,11H2,1-3H3,(H,27,29). The fourth-order valence-electron chi connectivity index (χ4n) is 3.42. The number of benzene rings is 2. The van der Waals surface area contributed by atoms with Crippen LogP contribution in [0, 0.1) is 6.92 Å². The van der Waals surface area contributed by atoms with E-state index in [9.17, 15) is 14.4 Å². The van der Waals surface area contributed by atoms with E-state index in [1.807, 2.05) is 0 Å². The van der Waals surface area contributed by atoms with Gasteiger partial charge in [0.2, 0.25) is 0 Å². The van der Waals surface area contributed by atoms with Crippen LogP contribution in [0.25, 0.3) is 11.1 Å². The second-order valence-corrected chi connectivity index (χ2v) is 8.21. The second-order valence-electron chi connectivity index (χ2n) is 7.37. The van der Waals surface area contributed by atoms with Gasteiger partial charge in [0.05, 0.1) is 22.7 Å². The largest absolute Gasteiger partial charge is 0.467 e. The highest BCUT2D eigenvalue weighted by atomic mass is 35.5. The van der Waals surface area contributed by atoms with E-state index < -0.39 is 17.9 Å². The highest BCUT2D eigenvalue weighted by molar-refractivity contribution is 6.34. The summed E-state index contributed by atoms with van der Waals surface area (Å²) in [5.41, 5.74) is 2.79. The van der Waals surface area contributed by atoms with Gasteiger partial charge in [0.25, 0.3) is 11.5 Å². The first-order chi connectivity index (χ1) is 15.2. The van der Waals surface area contributed by atoms with Crippen LogP contribution in [0.5, 0.6) is 0 Å². The van der Waals surface area contributed by atoms with Gasteiger partial charge in [-0.3, -0.25) is 9.59 Å². The first-order valence-corrected chi connectivity index (χ1v) is 10.6. The Morgan fingerprint density at radius 1 is 1.12 bits per heavy atom. The van der Waals surface area contributed by atoms with Crippen molar-refractivity contribution in [2.75, 3.05) is 7.11 Å². The van der Waals surface area contributed by atoms with E-state index >= 15 is 0 Å². The summed E-state index contributed by atoms with van der Waals surface area (Å²) in [7, 11) is 2.90. The predicted octanol–water partition coefficient (Wildman–Crippen LogP) is 4.18. The predicted molar refractivity (Wildman–Crippen MR) is 125 cm³/mol. The van der Waals surface area contributed by atoms with Crippen molar-refractivity contribution in [1.29, 1.82) is 0 Å². The van der Waals surface area contributed by atoms with Crippen LogP contribution in [0.15, 0.2) is 59.5 Å². The number of hydrogen-bond donors (Lipinski definition) is 1. The zero-order valence-corrected chi connectivity index (χ0v) is 19.3. The molecule has 0 bridgehead atoms. The summed E-state index contributed by atoms with van der Waals surface area (Å²) < 4.78 is 6.29. The van der Waals surface area contributed by atoms with E-state index in [-0.39, 0.29) is 12.0 Å². The molecule has 0 saturated heterocycles. The molecular weight excluding hydrogens is 451 g/mol. The number of pyridine rings is 1. The van der Waals surface area contributed by atoms with Gasteiger partial charge in [-0.15, -0.1) is 0 Å². The molecule has 0 saturated carbocycles. The molecule has 0 radical (unpaired) electrons. The van der Waals surface area contributed by atoms with Crippen molar-refractivity contribution in [3.05, 3.63) is 91.8 Å². The highest BCUT2D eigenvalue weighted by Gasteiger charge is 2.24. The van der Waals surface area contributed by atoms with E-state index in [2.05, 4.69) is 5.32 Å². The molecule has 1 N–H and O–H groups in total. The number of esters is 1. The number of carbonyl (C=O) groups is 2. The number of carbonyl (C=O) groups excluding carboxylic acids is 2. The summed E-state index contributed by atoms with van der Waals surface area (Å²) in [5.74, 6) is -1.03. The second kappa shape index (κ2) is 10.0. The lowest BCUT2D eigenvalue weighted by molar-refractivity contribution is -0.142. The van der Waals surface area contributed by atoms with Crippen molar-refractivity contribution in [3.63, 3.8) is 0 Å². The van der Waals surface area contributed by atoms with Crippen molar-refractivity contribution in [2.24, 2.45) is 7.05 Å². The molecule has 1 unspecified atom stereocenters. The number of ether oxygens (including phenoxy) is 1. The van der Waals surface area contributed by atoms with Crippen LogP contribution in [0.1, 0.15) is 21.5 Å². The minimum Gasteiger partial charge on any atom is -0.467 e. The van der Waals surface area contributed by atoms with Crippen molar-refractivity contribution >= 4 is 35.1 Å². The summed E-state index contributed by atoms with van der Waals surface area (Å²) in [4.78, 5) is 37.5.